The number of hydrogen-bond acceptors (Lipinski definition) is 9. The molecule has 0 aromatic carbocycles. The summed E-state index contributed by atoms with van der Waals surface area (Å²) in [6, 6.07) is -2.75. The minimum Gasteiger partial charge on any atom is -0.444 e. The van der Waals surface area contributed by atoms with Crippen LogP contribution < -0.4 is 0 Å². The van der Waals surface area contributed by atoms with Gasteiger partial charge in [-0.05, 0) is 9.05 Å². The van der Waals surface area contributed by atoms with Crippen LogP contribution in [-0.2, 0) is 28.9 Å². The first kappa shape index (κ1) is 76.7. The standard InChI is InChI=1S/C4H3F5O2.C4H6F4O2.2C2H2F4.C2H3FO2.2CH2F2O.2CH2F2.CH3FO/c5-1-11-2(3(6)10)4(7,8)9;5-2-10-3(1-9)4(6,7)8;2*3-1-2(4,5)6;1-5-2(3)4;2*2-1-4-3;3*2-1-3/h2H,1H2;3,9H,1-2H2;2*1H2;1H3;2*1H2;2*1H2;3H,1H2. The van der Waals surface area contributed by atoms with Gasteiger partial charge in [0.15, 0.2) is 40.0 Å². The summed E-state index contributed by atoms with van der Waals surface area (Å²) in [7, 11) is 0.975. The van der Waals surface area contributed by atoms with Crippen molar-refractivity contribution in [2.24, 2.45) is 0 Å². The van der Waals surface area contributed by atoms with Crippen molar-refractivity contribution in [1.29, 1.82) is 0 Å². The van der Waals surface area contributed by atoms with E-state index < -0.39 is 117 Å². The van der Waals surface area contributed by atoms with Crippen LogP contribution in [0.1, 0.15) is 0 Å². The third kappa shape index (κ3) is 127. The van der Waals surface area contributed by atoms with E-state index in [-0.39, 0.29) is 0 Å². The highest BCUT2D eigenvalue weighted by Crippen LogP contribution is 2.24. The number of ether oxygens (including phenoxy) is 3. The molecule has 0 aliphatic heterocycles. The summed E-state index contributed by atoms with van der Waals surface area (Å²) in [5.74, 6) is 0. The monoisotopic (exact) mass is 912 g/mol. The second kappa shape index (κ2) is 55.3. The smallest absolute Gasteiger partial charge is 0.444 e. The molecule has 2 unspecified atom stereocenters. The Kier molecular flexibility index (Phi) is 77.2. The number of alkyl halides is 23. The molecule has 2 N–H and O–H groups in total. The number of aliphatic hydroxyl groups is 2. The van der Waals surface area contributed by atoms with Crippen LogP contribution in [0.5, 0.6) is 0 Å². The van der Waals surface area contributed by atoms with Gasteiger partial charge in [0.2, 0.25) is 33.7 Å². The maximum absolute atomic E-state index is 11.5. The molecular formula is C19H27F27O9. The molecule has 346 valence electrons. The maximum Gasteiger partial charge on any atom is 0.495 e. The molecule has 55 heavy (non-hydrogen) atoms. The van der Waals surface area contributed by atoms with Crippen LogP contribution in [0.2, 0.25) is 0 Å². The quantitative estimate of drug-likeness (QED) is 0.181. The highest BCUT2D eigenvalue weighted by molar-refractivity contribution is 5.74. The minimum absolute atomic E-state index is 0.975. The minimum atomic E-state index is -5.20. The Bertz CT molecular complexity index is 673. The zero-order valence-corrected chi connectivity index (χ0v) is 26.2. The van der Waals surface area contributed by atoms with Gasteiger partial charge in [-0.15, -0.1) is 4.39 Å². The van der Waals surface area contributed by atoms with E-state index in [9.17, 15) is 124 Å². The molecule has 0 rings (SSSR count). The molecule has 0 saturated heterocycles. The molecular weight excluding hydrogens is 885 g/mol. The van der Waals surface area contributed by atoms with E-state index in [1.165, 1.54) is 0 Å². The summed E-state index contributed by atoms with van der Waals surface area (Å²) in [4.78, 5) is 23.2. The van der Waals surface area contributed by atoms with Gasteiger partial charge in [0.05, 0.1) is 13.7 Å². The van der Waals surface area contributed by atoms with Crippen molar-refractivity contribution in [2.45, 2.75) is 36.9 Å². The number of methoxy groups -OCH3 is 1. The summed E-state index contributed by atoms with van der Waals surface area (Å²) in [6.07, 6.45) is -26.6. The van der Waals surface area contributed by atoms with Crippen LogP contribution >= 0.6 is 0 Å². The van der Waals surface area contributed by atoms with E-state index in [0.29, 0.717) is 0 Å². The van der Waals surface area contributed by atoms with Crippen LogP contribution in [0.25, 0.3) is 0 Å². The Balaban J connectivity index is -0.0000000531. The largest absolute Gasteiger partial charge is 0.495 e. The highest BCUT2D eigenvalue weighted by Gasteiger charge is 2.46. The van der Waals surface area contributed by atoms with Crippen molar-refractivity contribution in [3.63, 3.8) is 0 Å². The van der Waals surface area contributed by atoms with Crippen LogP contribution in [0.4, 0.5) is 124 Å². The average Bonchev–Trinajstić information content (AvgIpc) is 3.06. The van der Waals surface area contributed by atoms with Gasteiger partial charge in [-0.3, -0.25) is 4.79 Å². The highest BCUT2D eigenvalue weighted by atomic mass is 19.4. The van der Waals surface area contributed by atoms with Crippen LogP contribution in [-0.4, -0.2) is 135 Å². The number of aliphatic hydroxyl groups excluding tert-OH is 2. The van der Waals surface area contributed by atoms with Crippen LogP contribution in [0.3, 0.4) is 0 Å². The first-order chi connectivity index (χ1) is 24.9. The van der Waals surface area contributed by atoms with Crippen molar-refractivity contribution < 1.29 is 163 Å². The third-order valence-electron chi connectivity index (χ3n) is 2.07. The fraction of sp³-hybridized carbons (Fsp3) is 0.895. The number of halogens is 27. The molecule has 0 spiro atoms. The molecule has 0 aromatic rings. The molecule has 9 nitrogen and oxygen atoms in total. The Labute approximate surface area is 288 Å². The summed E-state index contributed by atoms with van der Waals surface area (Å²) in [5.41, 5.74) is 0. The van der Waals surface area contributed by atoms with E-state index in [2.05, 4.69) is 24.1 Å². The molecule has 0 aliphatic carbocycles. The lowest BCUT2D eigenvalue weighted by Crippen LogP contribution is -2.36. The average molecular weight is 912 g/mol. The van der Waals surface area contributed by atoms with Gasteiger partial charge in [0.1, 0.15) is 0 Å². The number of carbonyl (C=O) groups excluding carboxylic acids is 2. The normalized spacial score (nSPS) is 11.0. The zero-order valence-electron chi connectivity index (χ0n) is 26.2. The Morgan fingerprint density at radius 3 is 0.800 bits per heavy atom. The van der Waals surface area contributed by atoms with E-state index in [0.717, 1.165) is 7.11 Å². The topological polar surface area (TPSA) is 121 Å². The van der Waals surface area contributed by atoms with Gasteiger partial charge < -0.3 is 24.4 Å². The van der Waals surface area contributed by atoms with E-state index >= 15 is 0 Å². The predicted octanol–water partition coefficient (Wildman–Crippen LogP) is 9.27. The molecule has 0 bridgehead atoms. The molecule has 2 atom stereocenters. The molecule has 0 aliphatic rings. The van der Waals surface area contributed by atoms with Gasteiger partial charge >= 0.3 is 37.0 Å². The Hall–Kier alpha value is -2.99. The van der Waals surface area contributed by atoms with Crippen molar-refractivity contribution in [2.75, 3.05) is 75.2 Å². The zero-order chi connectivity index (χ0) is 46.9. The lowest BCUT2D eigenvalue weighted by Gasteiger charge is -2.15. The summed E-state index contributed by atoms with van der Waals surface area (Å²) in [5, 5.41) is 14.9. The van der Waals surface area contributed by atoms with Crippen LogP contribution in [0.15, 0.2) is 0 Å². The molecule has 0 fully saturated rings. The Morgan fingerprint density at radius 2 is 0.764 bits per heavy atom. The fourth-order valence-corrected chi connectivity index (χ4v) is 0.678. The summed E-state index contributed by atoms with van der Waals surface area (Å²) >= 11 is 0. The lowest BCUT2D eigenvalue weighted by molar-refractivity contribution is -0.238. The molecule has 0 heterocycles. The van der Waals surface area contributed by atoms with Crippen molar-refractivity contribution in [3.8, 4) is 0 Å². The molecule has 0 amide bonds. The molecule has 0 aromatic heterocycles. The van der Waals surface area contributed by atoms with Gasteiger partial charge in [-0.25, -0.2) is 53.1 Å². The summed E-state index contributed by atoms with van der Waals surface area (Å²) in [6.45, 7) is -16.6. The second-order valence-corrected chi connectivity index (χ2v) is 5.69. The van der Waals surface area contributed by atoms with Gasteiger partial charge in [0.25, 0.3) is 0 Å². The maximum atomic E-state index is 11.5. The predicted molar refractivity (Wildman–Crippen MR) is 123 cm³/mol. The molecule has 0 saturated carbocycles. The Morgan fingerprint density at radius 1 is 0.545 bits per heavy atom. The third-order valence-corrected chi connectivity index (χ3v) is 2.07. The number of hydrogen-bond donors (Lipinski definition) is 2. The molecule has 36 heteroatoms. The SMILES string of the molecule is COC(=O)F.FCC(F)(F)F.FCC(F)(F)F.FCF.FCF.FCOF.FCOF.O=C(F)C(OCF)C(F)(F)F.OCC(OCF)C(F)(F)F.OCF. The summed E-state index contributed by atoms with van der Waals surface area (Å²) < 4.78 is 294. The first-order valence-electron chi connectivity index (χ1n) is 11.2. The fourth-order valence-electron chi connectivity index (χ4n) is 0.678. The van der Waals surface area contributed by atoms with Gasteiger partial charge in [-0.2, -0.15) is 67.0 Å². The van der Waals surface area contributed by atoms with Crippen LogP contribution in [0, 0.1) is 0 Å². The van der Waals surface area contributed by atoms with Gasteiger partial charge in [-0.1, -0.05) is 0 Å². The van der Waals surface area contributed by atoms with Crippen molar-refractivity contribution in [3.05, 3.63) is 0 Å². The lowest BCUT2D eigenvalue weighted by atomic mass is 10.4. The number of carbonyl (C=O) groups is 2. The van der Waals surface area contributed by atoms with Crippen molar-refractivity contribution in [1.82, 2.24) is 0 Å². The van der Waals surface area contributed by atoms with E-state index in [1.54, 1.807) is 0 Å². The van der Waals surface area contributed by atoms with Gasteiger partial charge in [0, 0.05) is 0 Å². The van der Waals surface area contributed by atoms with E-state index in [1.807, 2.05) is 0 Å². The van der Waals surface area contributed by atoms with E-state index in [4.69, 9.17) is 15.0 Å². The first-order valence-corrected chi connectivity index (χ1v) is 11.2. The second-order valence-electron chi connectivity index (χ2n) is 5.69. The number of rotatable bonds is 8. The molecule has 0 radical (unpaired) electrons. The van der Waals surface area contributed by atoms with Crippen molar-refractivity contribution >= 4 is 12.3 Å².